The summed E-state index contributed by atoms with van der Waals surface area (Å²) in [4.78, 5) is 26.5. The minimum absolute atomic E-state index is 0.0288. The van der Waals surface area contributed by atoms with Crippen LogP contribution in [0.25, 0.3) is 0 Å². The van der Waals surface area contributed by atoms with Crippen LogP contribution in [0, 0.1) is 11.8 Å². The number of aromatic nitrogens is 3. The lowest BCUT2D eigenvalue weighted by molar-refractivity contribution is -0.141. The summed E-state index contributed by atoms with van der Waals surface area (Å²) >= 11 is 0. The van der Waals surface area contributed by atoms with Crippen molar-refractivity contribution in [1.82, 2.24) is 19.9 Å². The molecule has 7 nitrogen and oxygen atoms in total. The third-order valence-electron chi connectivity index (χ3n) is 5.69. The molecule has 1 aromatic carbocycles. The number of amides is 1. The van der Waals surface area contributed by atoms with Gasteiger partial charge in [-0.05, 0) is 37.2 Å². The van der Waals surface area contributed by atoms with Crippen molar-refractivity contribution in [3.05, 3.63) is 59.9 Å². The molecule has 0 bridgehead atoms. The van der Waals surface area contributed by atoms with E-state index in [2.05, 4.69) is 16.9 Å². The topological polar surface area (TPSA) is 88.3 Å². The van der Waals surface area contributed by atoms with Crippen LogP contribution < -0.4 is 0 Å². The number of carboxylic acid groups (broad SMARTS) is 1. The fraction of sp³-hybridized carbons (Fsp3) is 0.455. The Labute approximate surface area is 170 Å². The van der Waals surface area contributed by atoms with Gasteiger partial charge in [-0.1, -0.05) is 47.7 Å². The van der Waals surface area contributed by atoms with E-state index in [0.29, 0.717) is 24.6 Å². The van der Waals surface area contributed by atoms with Gasteiger partial charge in [0.1, 0.15) is 5.69 Å². The predicted octanol–water partition coefficient (Wildman–Crippen LogP) is 2.85. The van der Waals surface area contributed by atoms with E-state index >= 15 is 0 Å². The summed E-state index contributed by atoms with van der Waals surface area (Å²) in [6.07, 6.45) is 5.84. The Hall–Kier alpha value is -2.96. The normalized spacial score (nSPS) is 17.6. The lowest BCUT2D eigenvalue weighted by Crippen LogP contribution is -2.40. The molecule has 1 aromatic heterocycles. The van der Waals surface area contributed by atoms with Crippen LogP contribution in [0.5, 0.6) is 0 Å². The van der Waals surface area contributed by atoms with Gasteiger partial charge in [0.15, 0.2) is 6.04 Å². The third kappa shape index (κ3) is 4.72. The van der Waals surface area contributed by atoms with Crippen molar-refractivity contribution in [3.63, 3.8) is 0 Å². The highest BCUT2D eigenvalue weighted by Gasteiger charge is 2.35. The molecule has 2 saturated carbocycles. The zero-order chi connectivity index (χ0) is 20.4. The number of carbonyl (C=O) groups excluding carboxylic acids is 1. The van der Waals surface area contributed by atoms with E-state index in [-0.39, 0.29) is 11.8 Å². The molecular formula is C22H26N4O3. The summed E-state index contributed by atoms with van der Waals surface area (Å²) in [5.74, 6) is -0.203. The van der Waals surface area contributed by atoms with Crippen molar-refractivity contribution in [2.45, 2.75) is 44.7 Å². The van der Waals surface area contributed by atoms with E-state index in [0.717, 1.165) is 43.4 Å². The lowest BCUT2D eigenvalue weighted by Gasteiger charge is -2.33. The first-order valence-electron chi connectivity index (χ1n) is 10.1. The second kappa shape index (κ2) is 8.19. The Balaban J connectivity index is 1.46. The molecule has 0 aliphatic heterocycles. The van der Waals surface area contributed by atoms with E-state index < -0.39 is 12.0 Å². The number of allylic oxidation sites excluding steroid dienone is 1. The zero-order valence-corrected chi connectivity index (χ0v) is 16.4. The highest BCUT2D eigenvalue weighted by Crippen LogP contribution is 2.35. The molecule has 29 heavy (non-hydrogen) atoms. The van der Waals surface area contributed by atoms with Crippen LogP contribution in [0.2, 0.25) is 0 Å². The number of benzene rings is 1. The smallest absolute Gasteiger partial charge is 0.328 e. The molecular weight excluding hydrogens is 368 g/mol. The Morgan fingerprint density at radius 3 is 2.59 bits per heavy atom. The second-order valence-corrected chi connectivity index (χ2v) is 8.25. The molecule has 1 unspecified atom stereocenters. The van der Waals surface area contributed by atoms with Gasteiger partial charge in [-0.2, -0.15) is 0 Å². The number of carboxylic acids is 1. The Morgan fingerprint density at radius 1 is 1.24 bits per heavy atom. The van der Waals surface area contributed by atoms with E-state index in [1.165, 1.54) is 4.68 Å². The van der Waals surface area contributed by atoms with Gasteiger partial charge in [-0.25, -0.2) is 9.48 Å². The molecule has 1 heterocycles. The maximum Gasteiger partial charge on any atom is 0.328 e. The molecule has 2 aromatic rings. The second-order valence-electron chi connectivity index (χ2n) is 8.25. The summed E-state index contributed by atoms with van der Waals surface area (Å²) in [6, 6.07) is 8.64. The van der Waals surface area contributed by atoms with E-state index in [1.54, 1.807) is 6.20 Å². The largest absolute Gasteiger partial charge is 0.480 e. The fourth-order valence-corrected chi connectivity index (χ4v) is 3.78. The quantitative estimate of drug-likeness (QED) is 0.661. The van der Waals surface area contributed by atoms with Crippen LogP contribution >= 0.6 is 0 Å². The van der Waals surface area contributed by atoms with Gasteiger partial charge < -0.3 is 10.0 Å². The van der Waals surface area contributed by atoms with Crippen molar-refractivity contribution < 1.29 is 14.7 Å². The van der Waals surface area contributed by atoms with Crippen molar-refractivity contribution >= 4 is 11.9 Å². The number of aliphatic carboxylic acids is 1. The first-order chi connectivity index (χ1) is 14.0. The maximum atomic E-state index is 12.9. The summed E-state index contributed by atoms with van der Waals surface area (Å²) in [5.41, 5.74) is 2.68. The van der Waals surface area contributed by atoms with Crippen molar-refractivity contribution in [3.8, 4) is 0 Å². The molecule has 1 atom stereocenters. The standard InChI is InChI=1S/C22H26N4O3/c1-15-9-18(10-15)21(27)25(12-17-7-8-17)13-19-14-26(24-23-19)20(22(28)29)11-16-5-3-2-4-6-16/h2-6,14,17-18,20H,1,7-13H2,(H,28,29). The Kier molecular flexibility index (Phi) is 5.47. The van der Waals surface area contributed by atoms with Crippen LogP contribution in [0.15, 0.2) is 48.7 Å². The average molecular weight is 394 g/mol. The first-order valence-corrected chi connectivity index (χ1v) is 10.1. The van der Waals surface area contributed by atoms with Crippen LogP contribution in [0.1, 0.15) is 43.0 Å². The lowest BCUT2D eigenvalue weighted by atomic mass is 9.80. The number of nitrogens with zero attached hydrogens (tertiary/aromatic N) is 4. The summed E-state index contributed by atoms with van der Waals surface area (Å²) in [6.45, 7) is 5.04. The average Bonchev–Trinajstić information content (AvgIpc) is 3.39. The van der Waals surface area contributed by atoms with Crippen molar-refractivity contribution in [1.29, 1.82) is 0 Å². The van der Waals surface area contributed by atoms with Gasteiger partial charge in [-0.3, -0.25) is 4.79 Å². The van der Waals surface area contributed by atoms with Crippen molar-refractivity contribution in [2.24, 2.45) is 11.8 Å². The van der Waals surface area contributed by atoms with E-state index in [1.807, 2.05) is 35.2 Å². The van der Waals surface area contributed by atoms with E-state index in [4.69, 9.17) is 0 Å². The summed E-state index contributed by atoms with van der Waals surface area (Å²) < 4.78 is 1.40. The molecule has 2 fully saturated rings. The monoisotopic (exact) mass is 394 g/mol. The van der Waals surface area contributed by atoms with Crippen LogP contribution in [0.3, 0.4) is 0 Å². The molecule has 7 heteroatoms. The van der Waals surface area contributed by atoms with Gasteiger partial charge >= 0.3 is 5.97 Å². The van der Waals surface area contributed by atoms with Crippen molar-refractivity contribution in [2.75, 3.05) is 6.54 Å². The maximum absolute atomic E-state index is 12.9. The van der Waals surface area contributed by atoms with E-state index in [9.17, 15) is 14.7 Å². The van der Waals surface area contributed by atoms with Crippen LogP contribution in [-0.4, -0.2) is 43.4 Å². The molecule has 152 valence electrons. The minimum atomic E-state index is -0.954. The first kappa shape index (κ1) is 19.4. The third-order valence-corrected chi connectivity index (χ3v) is 5.69. The predicted molar refractivity (Wildman–Crippen MR) is 107 cm³/mol. The highest BCUT2D eigenvalue weighted by atomic mass is 16.4. The summed E-state index contributed by atoms with van der Waals surface area (Å²) in [7, 11) is 0. The number of rotatable bonds is 9. The summed E-state index contributed by atoms with van der Waals surface area (Å²) in [5, 5.41) is 17.9. The van der Waals surface area contributed by atoms with Gasteiger partial charge in [-0.15, -0.1) is 5.10 Å². The molecule has 4 rings (SSSR count). The Morgan fingerprint density at radius 2 is 1.97 bits per heavy atom. The molecule has 1 amide bonds. The number of carbonyl (C=O) groups is 2. The molecule has 0 radical (unpaired) electrons. The molecule has 1 N–H and O–H groups in total. The minimum Gasteiger partial charge on any atom is -0.480 e. The van der Waals surface area contributed by atoms with Gasteiger partial charge in [0.25, 0.3) is 0 Å². The number of hydrogen-bond acceptors (Lipinski definition) is 4. The zero-order valence-electron chi connectivity index (χ0n) is 16.4. The molecule has 0 saturated heterocycles. The van der Waals surface area contributed by atoms with Gasteiger partial charge in [0.2, 0.25) is 5.91 Å². The van der Waals surface area contributed by atoms with Crippen LogP contribution in [-0.2, 0) is 22.6 Å². The van der Waals surface area contributed by atoms with Crippen LogP contribution in [0.4, 0.5) is 0 Å². The van der Waals surface area contributed by atoms with Gasteiger partial charge in [0.05, 0.1) is 12.7 Å². The van der Waals surface area contributed by atoms with Gasteiger partial charge in [0, 0.05) is 18.9 Å². The number of hydrogen-bond donors (Lipinski definition) is 1. The molecule has 0 spiro atoms. The highest BCUT2D eigenvalue weighted by molar-refractivity contribution is 5.81. The molecule has 2 aliphatic rings. The SMILES string of the molecule is C=C1CC(C(=O)N(Cc2cn(C(Cc3ccccc3)C(=O)O)nn2)CC2CC2)C1. The molecule has 2 aliphatic carbocycles. The fourth-order valence-electron chi connectivity index (χ4n) is 3.78. The Bertz CT molecular complexity index is 896.